The van der Waals surface area contributed by atoms with Gasteiger partial charge in [-0.05, 0) is 18.2 Å². The number of anilines is 1. The average Bonchev–Trinajstić information content (AvgIpc) is 3.21. The largest absolute Gasteiger partial charge is 0.387 e. The van der Waals surface area contributed by atoms with E-state index >= 15 is 0 Å². The highest BCUT2D eigenvalue weighted by Gasteiger charge is 2.44. The molecule has 0 bridgehead atoms. The van der Waals surface area contributed by atoms with E-state index in [-0.39, 0.29) is 24.7 Å². The number of aliphatic hydroxyl groups is 2. The molecule has 1 fully saturated rings. The Morgan fingerprint density at radius 1 is 1.24 bits per heavy atom. The molecule has 0 saturated carbocycles. The molecule has 0 unspecified atom stereocenters. The molecule has 152 valence electrons. The lowest BCUT2D eigenvalue weighted by Crippen LogP contribution is -2.40. The van der Waals surface area contributed by atoms with Crippen molar-refractivity contribution in [2.75, 3.05) is 12.3 Å². The van der Waals surface area contributed by atoms with E-state index < -0.39 is 30.2 Å². The molecule has 11 heteroatoms. The van der Waals surface area contributed by atoms with E-state index in [2.05, 4.69) is 20.3 Å². The van der Waals surface area contributed by atoms with Crippen LogP contribution in [-0.4, -0.2) is 60.5 Å². The van der Waals surface area contributed by atoms with Crippen molar-refractivity contribution in [1.29, 1.82) is 0 Å². The summed E-state index contributed by atoms with van der Waals surface area (Å²) in [6.45, 7) is -0.0507. The number of carbonyl (C=O) groups excluding carboxylic acids is 1. The van der Waals surface area contributed by atoms with Gasteiger partial charge in [-0.3, -0.25) is 9.36 Å². The molecular weight excluding hydrogens is 380 g/mol. The minimum atomic E-state index is -1.37. The van der Waals surface area contributed by atoms with E-state index in [1.165, 1.54) is 12.3 Å². The number of para-hydroxylation sites is 2. The van der Waals surface area contributed by atoms with Gasteiger partial charge in [-0.1, -0.05) is 12.1 Å². The number of amides is 1. The van der Waals surface area contributed by atoms with Crippen molar-refractivity contribution in [3.8, 4) is 0 Å². The number of aliphatic hydroxyl groups excluding tert-OH is 2. The number of imidazole rings is 1. The van der Waals surface area contributed by atoms with Gasteiger partial charge in [0.25, 0.3) is 0 Å². The number of H-pyrrole nitrogens is 1. The standard InChI is InChI=1S/C18H20N6O5/c19-12-5-6-24(18(28)23-12)17-16(27)15(26)11(29-17)8-20-14(25)7-13-21-9-3-1-2-4-10(9)22-13/h1-6,11,15-17,26-27H,7-8H2,(H,20,25)(H,21,22)(H2,19,23,28)/t11-,15-,16-,17-/m1/s1. The lowest BCUT2D eigenvalue weighted by molar-refractivity contribution is -0.121. The zero-order valence-corrected chi connectivity index (χ0v) is 15.2. The molecule has 4 rings (SSSR count). The smallest absolute Gasteiger partial charge is 0.351 e. The number of carbonyl (C=O) groups is 1. The summed E-state index contributed by atoms with van der Waals surface area (Å²) in [5, 5.41) is 23.1. The number of benzene rings is 1. The van der Waals surface area contributed by atoms with E-state index in [1.54, 1.807) is 0 Å². The summed E-state index contributed by atoms with van der Waals surface area (Å²) in [5.41, 5.74) is 6.33. The molecular formula is C18H20N6O5. The van der Waals surface area contributed by atoms with Gasteiger partial charge in [0.05, 0.1) is 17.5 Å². The van der Waals surface area contributed by atoms with Gasteiger partial charge in [-0.25, -0.2) is 9.78 Å². The van der Waals surface area contributed by atoms with Gasteiger partial charge in [0.15, 0.2) is 6.23 Å². The van der Waals surface area contributed by atoms with Crippen LogP contribution in [0.2, 0.25) is 0 Å². The van der Waals surface area contributed by atoms with E-state index in [1.807, 2.05) is 24.3 Å². The maximum Gasteiger partial charge on any atom is 0.351 e. The third-order valence-electron chi connectivity index (χ3n) is 4.73. The zero-order valence-electron chi connectivity index (χ0n) is 15.2. The van der Waals surface area contributed by atoms with Gasteiger partial charge >= 0.3 is 5.69 Å². The van der Waals surface area contributed by atoms with Gasteiger partial charge in [0, 0.05) is 12.7 Å². The molecule has 2 aromatic heterocycles. The Kier molecular flexibility index (Phi) is 5.01. The van der Waals surface area contributed by atoms with Crippen molar-refractivity contribution >= 4 is 22.8 Å². The van der Waals surface area contributed by atoms with Gasteiger partial charge in [0.2, 0.25) is 5.91 Å². The highest BCUT2D eigenvalue weighted by Crippen LogP contribution is 2.28. The highest BCUT2D eigenvalue weighted by molar-refractivity contribution is 5.80. The van der Waals surface area contributed by atoms with E-state index in [0.29, 0.717) is 5.82 Å². The summed E-state index contributed by atoms with van der Waals surface area (Å²) in [6.07, 6.45) is -3.35. The second-order valence-corrected chi connectivity index (χ2v) is 6.77. The quantitative estimate of drug-likeness (QED) is 0.351. The SMILES string of the molecule is Nc1ccn([C@@H]2O[C@H](CNC(=O)Cc3nc4ccccc4[nH]3)[C@@H](O)[C@H]2O)c(=O)n1. The van der Waals surface area contributed by atoms with Gasteiger partial charge in [0.1, 0.15) is 30.0 Å². The lowest BCUT2D eigenvalue weighted by Gasteiger charge is -2.17. The Labute approximate surface area is 164 Å². The first-order valence-electron chi connectivity index (χ1n) is 8.99. The molecule has 1 aromatic carbocycles. The Morgan fingerprint density at radius 2 is 2.03 bits per heavy atom. The second-order valence-electron chi connectivity index (χ2n) is 6.77. The average molecular weight is 400 g/mol. The van der Waals surface area contributed by atoms with Crippen LogP contribution < -0.4 is 16.7 Å². The lowest BCUT2D eigenvalue weighted by atomic mass is 10.1. The number of aromatic nitrogens is 4. The Bertz CT molecular complexity index is 1060. The summed E-state index contributed by atoms with van der Waals surface area (Å²) in [5.74, 6) is 0.215. The number of ether oxygens (including phenoxy) is 1. The summed E-state index contributed by atoms with van der Waals surface area (Å²) >= 11 is 0. The molecule has 1 aliphatic heterocycles. The Hall–Kier alpha value is -3.28. The maximum absolute atomic E-state index is 12.2. The van der Waals surface area contributed by atoms with Crippen LogP contribution in [0, 0.1) is 0 Å². The van der Waals surface area contributed by atoms with Crippen LogP contribution >= 0.6 is 0 Å². The number of aromatic amines is 1. The maximum atomic E-state index is 12.2. The monoisotopic (exact) mass is 400 g/mol. The number of nitrogens with zero attached hydrogens (tertiary/aromatic N) is 3. The third kappa shape index (κ3) is 3.83. The van der Waals surface area contributed by atoms with Crippen LogP contribution in [0.4, 0.5) is 5.82 Å². The second kappa shape index (κ2) is 7.62. The van der Waals surface area contributed by atoms with Crippen LogP contribution in [0.5, 0.6) is 0 Å². The number of hydrogen-bond acceptors (Lipinski definition) is 8. The molecule has 0 spiro atoms. The molecule has 3 heterocycles. The summed E-state index contributed by atoms with van der Waals surface area (Å²) in [4.78, 5) is 35.1. The molecule has 6 N–H and O–H groups in total. The van der Waals surface area contributed by atoms with Crippen LogP contribution in [0.15, 0.2) is 41.3 Å². The van der Waals surface area contributed by atoms with Crippen LogP contribution in [0.1, 0.15) is 12.1 Å². The summed E-state index contributed by atoms with van der Waals surface area (Å²) in [7, 11) is 0. The molecule has 0 radical (unpaired) electrons. The molecule has 1 saturated heterocycles. The van der Waals surface area contributed by atoms with Crippen LogP contribution in [-0.2, 0) is 16.0 Å². The van der Waals surface area contributed by atoms with Crippen molar-refractivity contribution in [2.24, 2.45) is 0 Å². The summed E-state index contributed by atoms with van der Waals surface area (Å²) < 4.78 is 6.63. The number of nitrogens with two attached hydrogens (primary N) is 1. The normalized spacial score (nSPS) is 24.1. The van der Waals surface area contributed by atoms with Crippen molar-refractivity contribution in [1.82, 2.24) is 24.8 Å². The number of hydrogen-bond donors (Lipinski definition) is 5. The molecule has 1 aliphatic rings. The molecule has 3 aromatic rings. The molecule has 4 atom stereocenters. The first-order valence-corrected chi connectivity index (χ1v) is 8.99. The third-order valence-corrected chi connectivity index (χ3v) is 4.73. The molecule has 1 amide bonds. The van der Waals surface area contributed by atoms with Crippen molar-refractivity contribution < 1.29 is 19.7 Å². The minimum absolute atomic E-state index is 0.0187. The van der Waals surface area contributed by atoms with E-state index in [9.17, 15) is 19.8 Å². The Balaban J connectivity index is 1.37. The molecule has 11 nitrogen and oxygen atoms in total. The van der Waals surface area contributed by atoms with Crippen molar-refractivity contribution in [2.45, 2.75) is 31.0 Å². The number of rotatable bonds is 5. The van der Waals surface area contributed by atoms with Gasteiger partial charge in [-0.2, -0.15) is 4.98 Å². The predicted molar refractivity (Wildman–Crippen MR) is 102 cm³/mol. The number of nitrogens with one attached hydrogen (secondary N) is 2. The first kappa shape index (κ1) is 19.1. The van der Waals surface area contributed by atoms with Crippen LogP contribution in [0.25, 0.3) is 11.0 Å². The topological polar surface area (TPSA) is 168 Å². The fourth-order valence-corrected chi connectivity index (χ4v) is 3.27. The van der Waals surface area contributed by atoms with Crippen molar-refractivity contribution in [3.63, 3.8) is 0 Å². The number of fused-ring (bicyclic) bond motifs is 1. The fourth-order valence-electron chi connectivity index (χ4n) is 3.27. The van der Waals surface area contributed by atoms with Crippen LogP contribution in [0.3, 0.4) is 0 Å². The minimum Gasteiger partial charge on any atom is -0.387 e. The predicted octanol–water partition coefficient (Wildman–Crippen LogP) is -1.32. The zero-order chi connectivity index (χ0) is 20.5. The van der Waals surface area contributed by atoms with Crippen molar-refractivity contribution in [3.05, 3.63) is 52.8 Å². The van der Waals surface area contributed by atoms with E-state index in [0.717, 1.165) is 15.6 Å². The highest BCUT2D eigenvalue weighted by atomic mass is 16.6. The van der Waals surface area contributed by atoms with E-state index in [4.69, 9.17) is 10.5 Å². The first-order chi connectivity index (χ1) is 13.9. The molecule has 29 heavy (non-hydrogen) atoms. The summed E-state index contributed by atoms with van der Waals surface area (Å²) in [6, 6.07) is 8.81. The fraction of sp³-hybridized carbons (Fsp3) is 0.333. The van der Waals surface area contributed by atoms with Gasteiger partial charge in [-0.15, -0.1) is 0 Å². The van der Waals surface area contributed by atoms with Gasteiger partial charge < -0.3 is 31.0 Å². The number of nitrogen functional groups attached to an aromatic ring is 1. The Morgan fingerprint density at radius 3 is 2.79 bits per heavy atom. The molecule has 0 aliphatic carbocycles.